The molecule has 1 aromatic rings. The Morgan fingerprint density at radius 1 is 1.31 bits per heavy atom. The number of halogens is 3. The molecule has 0 radical (unpaired) electrons. The topological polar surface area (TPSA) is 48.9 Å². The first-order chi connectivity index (χ1) is 12.1. The SMILES string of the molecule is CN=C(NCCN(C)CCCOC)NC1CC1c1c(F)cccc1F.I. The predicted molar refractivity (Wildman–Crippen MR) is 111 cm³/mol. The Kier molecular flexibility index (Phi) is 10.3. The molecular weight excluding hydrogens is 453 g/mol. The Morgan fingerprint density at radius 2 is 2.00 bits per heavy atom. The van der Waals surface area contributed by atoms with Gasteiger partial charge in [0.25, 0.3) is 0 Å². The molecule has 26 heavy (non-hydrogen) atoms. The molecule has 0 heterocycles. The monoisotopic (exact) mass is 482 g/mol. The minimum atomic E-state index is -0.477. The van der Waals surface area contributed by atoms with E-state index < -0.39 is 11.6 Å². The van der Waals surface area contributed by atoms with Crippen LogP contribution < -0.4 is 10.6 Å². The molecule has 2 rings (SSSR count). The first-order valence-electron chi connectivity index (χ1n) is 8.65. The zero-order valence-corrected chi connectivity index (χ0v) is 17.9. The standard InChI is InChI=1S/C18H28F2N4O.HI/c1-21-18(22-8-10-24(2)9-5-11-25-3)23-16-12-13(16)17-14(19)6-4-7-15(17)20;/h4,6-7,13,16H,5,8-12H2,1-3H3,(H2,21,22,23);1H. The van der Waals surface area contributed by atoms with Crippen molar-refractivity contribution in [3.8, 4) is 0 Å². The van der Waals surface area contributed by atoms with Gasteiger partial charge < -0.3 is 20.3 Å². The molecule has 2 atom stereocenters. The van der Waals surface area contributed by atoms with Gasteiger partial charge in [-0.15, -0.1) is 24.0 Å². The van der Waals surface area contributed by atoms with Crippen molar-refractivity contribution in [1.29, 1.82) is 0 Å². The maximum Gasteiger partial charge on any atom is 0.191 e. The van der Waals surface area contributed by atoms with Crippen LogP contribution in [0.4, 0.5) is 8.78 Å². The van der Waals surface area contributed by atoms with Crippen LogP contribution >= 0.6 is 24.0 Å². The molecule has 1 fully saturated rings. The summed E-state index contributed by atoms with van der Waals surface area (Å²) in [5.74, 6) is -0.434. The van der Waals surface area contributed by atoms with E-state index in [1.54, 1.807) is 14.2 Å². The summed E-state index contributed by atoms with van der Waals surface area (Å²) in [6.07, 6.45) is 1.70. The van der Waals surface area contributed by atoms with Gasteiger partial charge in [0.15, 0.2) is 5.96 Å². The number of benzene rings is 1. The molecule has 0 amide bonds. The molecule has 8 heteroatoms. The highest BCUT2D eigenvalue weighted by Crippen LogP contribution is 2.42. The van der Waals surface area contributed by atoms with Crippen molar-refractivity contribution < 1.29 is 13.5 Å². The average molecular weight is 482 g/mol. The number of guanidine groups is 1. The number of nitrogens with one attached hydrogen (secondary N) is 2. The predicted octanol–water partition coefficient (Wildman–Crippen LogP) is 2.57. The van der Waals surface area contributed by atoms with E-state index in [4.69, 9.17) is 4.74 Å². The fourth-order valence-electron chi connectivity index (χ4n) is 2.86. The van der Waals surface area contributed by atoms with Gasteiger partial charge in [0, 0.05) is 57.9 Å². The lowest BCUT2D eigenvalue weighted by molar-refractivity contribution is 0.180. The van der Waals surface area contributed by atoms with Crippen molar-refractivity contribution in [3.05, 3.63) is 35.4 Å². The summed E-state index contributed by atoms with van der Waals surface area (Å²) in [4.78, 5) is 6.40. The Morgan fingerprint density at radius 3 is 2.62 bits per heavy atom. The second-order valence-corrected chi connectivity index (χ2v) is 6.38. The van der Waals surface area contributed by atoms with Gasteiger partial charge in [-0.1, -0.05) is 6.07 Å². The van der Waals surface area contributed by atoms with Crippen molar-refractivity contribution >= 4 is 29.9 Å². The van der Waals surface area contributed by atoms with Crippen LogP contribution in [0, 0.1) is 11.6 Å². The van der Waals surface area contributed by atoms with Gasteiger partial charge in [-0.25, -0.2) is 8.78 Å². The zero-order chi connectivity index (χ0) is 18.2. The molecular formula is C18H29F2IN4O. The van der Waals surface area contributed by atoms with Crippen molar-refractivity contribution in [2.45, 2.75) is 24.8 Å². The van der Waals surface area contributed by atoms with Crippen LogP contribution in [0.3, 0.4) is 0 Å². The zero-order valence-electron chi connectivity index (χ0n) is 15.6. The van der Waals surface area contributed by atoms with Crippen LogP contribution in [0.5, 0.6) is 0 Å². The molecule has 0 aliphatic heterocycles. The Bertz CT molecular complexity index is 568. The smallest absolute Gasteiger partial charge is 0.191 e. The number of rotatable bonds is 9. The summed E-state index contributed by atoms with van der Waals surface area (Å²) in [5.41, 5.74) is 0.174. The van der Waals surface area contributed by atoms with Crippen LogP contribution in [0.15, 0.2) is 23.2 Å². The van der Waals surface area contributed by atoms with Gasteiger partial charge in [-0.05, 0) is 32.0 Å². The average Bonchev–Trinajstić information content (AvgIpc) is 3.32. The molecule has 0 spiro atoms. The summed E-state index contributed by atoms with van der Waals surface area (Å²) in [6.45, 7) is 3.35. The van der Waals surface area contributed by atoms with E-state index in [-0.39, 0.29) is 41.5 Å². The normalized spacial score (nSPS) is 19.2. The second-order valence-electron chi connectivity index (χ2n) is 6.38. The molecule has 2 unspecified atom stereocenters. The third-order valence-electron chi connectivity index (χ3n) is 4.38. The largest absolute Gasteiger partial charge is 0.385 e. The minimum absolute atomic E-state index is 0. The number of methoxy groups -OCH3 is 1. The van der Waals surface area contributed by atoms with E-state index in [9.17, 15) is 8.78 Å². The fraction of sp³-hybridized carbons (Fsp3) is 0.611. The Labute approximate surface area is 171 Å². The van der Waals surface area contributed by atoms with E-state index in [0.29, 0.717) is 12.4 Å². The van der Waals surface area contributed by atoms with Crippen molar-refractivity contribution in [2.24, 2.45) is 4.99 Å². The molecule has 0 saturated heterocycles. The van der Waals surface area contributed by atoms with Gasteiger partial charge in [0.2, 0.25) is 0 Å². The molecule has 0 aromatic heterocycles. The lowest BCUT2D eigenvalue weighted by Crippen LogP contribution is -2.42. The summed E-state index contributed by atoms with van der Waals surface area (Å²) < 4.78 is 32.7. The first-order valence-corrected chi connectivity index (χ1v) is 8.65. The number of nitrogens with zero attached hydrogens (tertiary/aromatic N) is 2. The van der Waals surface area contributed by atoms with Crippen LogP contribution in [0.1, 0.15) is 24.3 Å². The van der Waals surface area contributed by atoms with Gasteiger partial charge in [-0.2, -0.15) is 0 Å². The van der Waals surface area contributed by atoms with Crippen molar-refractivity contribution in [2.75, 3.05) is 47.4 Å². The van der Waals surface area contributed by atoms with Gasteiger partial charge in [0.1, 0.15) is 11.6 Å². The molecule has 1 aliphatic rings. The number of aliphatic imine (C=N–C) groups is 1. The van der Waals surface area contributed by atoms with Crippen LogP contribution in [-0.4, -0.2) is 64.3 Å². The van der Waals surface area contributed by atoms with E-state index in [0.717, 1.165) is 32.7 Å². The number of hydrogen-bond acceptors (Lipinski definition) is 3. The fourth-order valence-corrected chi connectivity index (χ4v) is 2.86. The van der Waals surface area contributed by atoms with E-state index in [1.807, 2.05) is 0 Å². The molecule has 1 saturated carbocycles. The molecule has 1 aliphatic carbocycles. The molecule has 2 N–H and O–H groups in total. The highest BCUT2D eigenvalue weighted by molar-refractivity contribution is 14.0. The van der Waals surface area contributed by atoms with E-state index >= 15 is 0 Å². The second kappa shape index (κ2) is 11.7. The quantitative estimate of drug-likeness (QED) is 0.246. The lowest BCUT2D eigenvalue weighted by Gasteiger charge is -2.18. The van der Waals surface area contributed by atoms with E-state index in [1.165, 1.54) is 18.2 Å². The number of ether oxygens (including phenoxy) is 1. The van der Waals surface area contributed by atoms with E-state index in [2.05, 4.69) is 27.6 Å². The minimum Gasteiger partial charge on any atom is -0.385 e. The van der Waals surface area contributed by atoms with Crippen molar-refractivity contribution in [3.63, 3.8) is 0 Å². The Hall–Kier alpha value is -1.000. The first kappa shape index (κ1) is 23.0. The number of hydrogen-bond donors (Lipinski definition) is 2. The molecule has 0 bridgehead atoms. The van der Waals surface area contributed by atoms with Crippen LogP contribution in [0.2, 0.25) is 0 Å². The molecule has 5 nitrogen and oxygen atoms in total. The van der Waals surface area contributed by atoms with Crippen molar-refractivity contribution in [1.82, 2.24) is 15.5 Å². The number of likely N-dealkylation sites (N-methyl/N-ethyl adjacent to an activating group) is 1. The summed E-state index contributed by atoms with van der Waals surface area (Å²) >= 11 is 0. The summed E-state index contributed by atoms with van der Waals surface area (Å²) in [7, 11) is 5.46. The summed E-state index contributed by atoms with van der Waals surface area (Å²) in [6, 6.07) is 4.01. The highest BCUT2D eigenvalue weighted by Gasteiger charge is 2.42. The van der Waals surface area contributed by atoms with Crippen LogP contribution in [0.25, 0.3) is 0 Å². The van der Waals surface area contributed by atoms with Gasteiger partial charge in [0.05, 0.1) is 0 Å². The molecule has 1 aromatic carbocycles. The third-order valence-corrected chi connectivity index (χ3v) is 4.38. The van der Waals surface area contributed by atoms with Gasteiger partial charge in [-0.3, -0.25) is 4.99 Å². The summed E-state index contributed by atoms with van der Waals surface area (Å²) in [5, 5.41) is 6.48. The Balaban J connectivity index is 0.00000338. The lowest BCUT2D eigenvalue weighted by atomic mass is 10.1. The van der Waals surface area contributed by atoms with Crippen LogP contribution in [-0.2, 0) is 4.74 Å². The maximum absolute atomic E-state index is 13.8. The molecule has 148 valence electrons. The maximum atomic E-state index is 13.8. The highest BCUT2D eigenvalue weighted by atomic mass is 127. The third kappa shape index (κ3) is 6.96. The van der Waals surface area contributed by atoms with Gasteiger partial charge >= 0.3 is 0 Å².